The fourth-order valence-electron chi connectivity index (χ4n) is 2.06. The average molecular weight is 321 g/mol. The maximum absolute atomic E-state index is 12.2. The highest BCUT2D eigenvalue weighted by molar-refractivity contribution is 6.31. The minimum atomic E-state index is -0.150. The number of aromatic amines is 1. The molecule has 0 radical (unpaired) electrons. The number of fused-ring (bicyclic) bond motifs is 1. The molecule has 2 aromatic rings. The molecule has 1 heterocycles. The van der Waals surface area contributed by atoms with Crippen molar-refractivity contribution in [1.82, 2.24) is 19.8 Å². The molecule has 1 aromatic heterocycles. The van der Waals surface area contributed by atoms with Gasteiger partial charge in [-0.05, 0) is 39.2 Å². The van der Waals surface area contributed by atoms with E-state index in [0.717, 1.165) is 23.4 Å². The molecule has 0 aliphatic carbocycles. The van der Waals surface area contributed by atoms with E-state index in [4.69, 9.17) is 11.6 Å². The number of carbonyl (C=O) groups excluding carboxylic acids is 1. The molecule has 1 atom stereocenters. The molecule has 5 nitrogen and oxygen atoms in total. The van der Waals surface area contributed by atoms with Crippen molar-refractivity contribution in [2.75, 3.05) is 27.7 Å². The van der Waals surface area contributed by atoms with Crippen molar-refractivity contribution in [3.05, 3.63) is 41.2 Å². The second-order valence-electron chi connectivity index (χ2n) is 5.57. The van der Waals surface area contributed by atoms with Crippen LogP contribution in [0.15, 0.2) is 30.4 Å². The van der Waals surface area contributed by atoms with Gasteiger partial charge in [0.25, 0.3) is 0 Å². The van der Waals surface area contributed by atoms with Crippen LogP contribution in [0.1, 0.15) is 18.8 Å². The Morgan fingerprint density at radius 3 is 2.82 bits per heavy atom. The number of nitrogens with one attached hydrogen (secondary N) is 1. The van der Waals surface area contributed by atoms with E-state index >= 15 is 0 Å². The van der Waals surface area contributed by atoms with Crippen LogP contribution in [0.5, 0.6) is 0 Å². The Bertz CT molecular complexity index is 693. The molecule has 0 fully saturated rings. The molecule has 22 heavy (non-hydrogen) atoms. The maximum Gasteiger partial charge on any atom is 0.246 e. The molecule has 1 amide bonds. The molecule has 118 valence electrons. The van der Waals surface area contributed by atoms with Crippen molar-refractivity contribution < 1.29 is 4.79 Å². The fraction of sp³-hybridized carbons (Fsp3) is 0.375. The predicted octanol–water partition coefficient (Wildman–Crippen LogP) is 2.85. The topological polar surface area (TPSA) is 52.2 Å². The second kappa shape index (κ2) is 6.94. The molecular weight excluding hydrogens is 300 g/mol. The highest BCUT2D eigenvalue weighted by Crippen LogP contribution is 2.22. The first-order chi connectivity index (χ1) is 10.4. The van der Waals surface area contributed by atoms with Gasteiger partial charge in [0.1, 0.15) is 5.82 Å². The first-order valence-corrected chi connectivity index (χ1v) is 7.49. The summed E-state index contributed by atoms with van der Waals surface area (Å²) >= 11 is 5.98. The molecule has 1 N–H and O–H groups in total. The molecule has 2 rings (SSSR count). The van der Waals surface area contributed by atoms with Gasteiger partial charge < -0.3 is 14.8 Å². The Morgan fingerprint density at radius 2 is 2.14 bits per heavy atom. The van der Waals surface area contributed by atoms with Crippen LogP contribution >= 0.6 is 11.6 Å². The lowest BCUT2D eigenvalue weighted by molar-refractivity contribution is -0.126. The number of aromatic nitrogens is 2. The lowest BCUT2D eigenvalue weighted by atomic mass is 10.2. The van der Waals surface area contributed by atoms with Gasteiger partial charge in [0, 0.05) is 24.7 Å². The van der Waals surface area contributed by atoms with Gasteiger partial charge in [-0.2, -0.15) is 0 Å². The Hall–Kier alpha value is -1.85. The van der Waals surface area contributed by atoms with Crippen molar-refractivity contribution >= 4 is 28.5 Å². The molecule has 0 aliphatic heterocycles. The fourth-order valence-corrected chi connectivity index (χ4v) is 2.23. The first-order valence-electron chi connectivity index (χ1n) is 7.11. The van der Waals surface area contributed by atoms with E-state index < -0.39 is 0 Å². The summed E-state index contributed by atoms with van der Waals surface area (Å²) in [7, 11) is 5.69. The third kappa shape index (κ3) is 3.87. The number of imidazole rings is 1. The number of halogens is 1. The second-order valence-corrected chi connectivity index (χ2v) is 6.01. The molecule has 0 saturated heterocycles. The summed E-state index contributed by atoms with van der Waals surface area (Å²) in [6.45, 7) is 2.67. The lowest BCUT2D eigenvalue weighted by Gasteiger charge is -2.21. The number of benzene rings is 1. The molecule has 1 aromatic carbocycles. The minimum absolute atomic E-state index is 0.0483. The van der Waals surface area contributed by atoms with Gasteiger partial charge in [0.05, 0.1) is 17.1 Å². The van der Waals surface area contributed by atoms with Crippen LogP contribution in [-0.2, 0) is 4.79 Å². The summed E-state index contributed by atoms with van der Waals surface area (Å²) in [4.78, 5) is 23.6. The Labute approximate surface area is 135 Å². The van der Waals surface area contributed by atoms with E-state index in [1.807, 2.05) is 44.1 Å². The number of H-pyrrole nitrogens is 1. The number of amides is 1. The Kier molecular flexibility index (Phi) is 5.21. The van der Waals surface area contributed by atoms with E-state index in [2.05, 4.69) is 9.97 Å². The van der Waals surface area contributed by atoms with Gasteiger partial charge in [-0.25, -0.2) is 4.98 Å². The standard InChI is InChI=1S/C16H21ClN4O/c1-11(21(4)15(22)6-5-9-20(2)3)16-18-13-8-7-12(17)10-14(13)19-16/h5-8,10-11H,9H2,1-4H3,(H,18,19)/b6-5+. The highest BCUT2D eigenvalue weighted by Gasteiger charge is 2.18. The van der Waals surface area contributed by atoms with E-state index in [0.29, 0.717) is 5.02 Å². The van der Waals surface area contributed by atoms with E-state index in [1.54, 1.807) is 24.1 Å². The third-order valence-electron chi connectivity index (χ3n) is 3.52. The van der Waals surface area contributed by atoms with E-state index in [9.17, 15) is 4.79 Å². The first kappa shape index (κ1) is 16.5. The zero-order chi connectivity index (χ0) is 16.3. The minimum Gasteiger partial charge on any atom is -0.340 e. The summed E-state index contributed by atoms with van der Waals surface area (Å²) in [6.07, 6.45) is 3.44. The number of nitrogens with zero attached hydrogens (tertiary/aromatic N) is 3. The summed E-state index contributed by atoms with van der Waals surface area (Å²) in [5.41, 5.74) is 1.72. The number of likely N-dealkylation sites (N-methyl/N-ethyl adjacent to an activating group) is 2. The quantitative estimate of drug-likeness (QED) is 0.862. The molecule has 0 bridgehead atoms. The normalized spacial score (nSPS) is 13.2. The maximum atomic E-state index is 12.2. The third-order valence-corrected chi connectivity index (χ3v) is 3.75. The smallest absolute Gasteiger partial charge is 0.246 e. The predicted molar refractivity (Wildman–Crippen MR) is 90.0 cm³/mol. The van der Waals surface area contributed by atoms with E-state index in [1.165, 1.54) is 0 Å². The van der Waals surface area contributed by atoms with Crippen LogP contribution in [0.25, 0.3) is 11.0 Å². The largest absolute Gasteiger partial charge is 0.340 e. The number of hydrogen-bond acceptors (Lipinski definition) is 3. The van der Waals surface area contributed by atoms with Gasteiger partial charge in [-0.1, -0.05) is 17.7 Å². The molecule has 6 heteroatoms. The number of carbonyl (C=O) groups is 1. The SMILES string of the molecule is CC(c1nc2ccc(Cl)cc2[nH]1)N(C)C(=O)/C=C/CN(C)C. The zero-order valence-corrected chi connectivity index (χ0v) is 14.1. The summed E-state index contributed by atoms with van der Waals surface area (Å²) in [5.74, 6) is 0.696. The van der Waals surface area contributed by atoms with Gasteiger partial charge in [-0.15, -0.1) is 0 Å². The average Bonchev–Trinajstić information content (AvgIpc) is 2.88. The van der Waals surface area contributed by atoms with E-state index in [-0.39, 0.29) is 11.9 Å². The summed E-state index contributed by atoms with van der Waals surface area (Å²) < 4.78 is 0. The van der Waals surface area contributed by atoms with Gasteiger partial charge in [0.15, 0.2) is 0 Å². The van der Waals surface area contributed by atoms with Crippen LogP contribution in [0.3, 0.4) is 0 Å². The van der Waals surface area contributed by atoms with Gasteiger partial charge in [-0.3, -0.25) is 4.79 Å². The van der Waals surface area contributed by atoms with Crippen molar-refractivity contribution in [3.8, 4) is 0 Å². The number of rotatable bonds is 5. The molecular formula is C16H21ClN4O. The van der Waals surface area contributed by atoms with Gasteiger partial charge in [0.2, 0.25) is 5.91 Å². The van der Waals surface area contributed by atoms with Crippen molar-refractivity contribution in [2.45, 2.75) is 13.0 Å². The molecule has 0 saturated carbocycles. The monoisotopic (exact) mass is 320 g/mol. The van der Waals surface area contributed by atoms with Crippen LogP contribution < -0.4 is 0 Å². The summed E-state index contributed by atoms with van der Waals surface area (Å²) in [5, 5.41) is 0.659. The lowest BCUT2D eigenvalue weighted by Crippen LogP contribution is -2.29. The molecule has 1 unspecified atom stereocenters. The van der Waals surface area contributed by atoms with Crippen molar-refractivity contribution in [3.63, 3.8) is 0 Å². The number of hydrogen-bond donors (Lipinski definition) is 1. The van der Waals surface area contributed by atoms with Crippen LogP contribution in [-0.4, -0.2) is 53.4 Å². The van der Waals surface area contributed by atoms with Crippen molar-refractivity contribution in [2.24, 2.45) is 0 Å². The van der Waals surface area contributed by atoms with Crippen molar-refractivity contribution in [1.29, 1.82) is 0 Å². The van der Waals surface area contributed by atoms with Crippen LogP contribution in [0, 0.1) is 0 Å². The Balaban J connectivity index is 2.12. The zero-order valence-electron chi connectivity index (χ0n) is 13.3. The van der Waals surface area contributed by atoms with Crippen LogP contribution in [0.2, 0.25) is 5.02 Å². The van der Waals surface area contributed by atoms with Gasteiger partial charge >= 0.3 is 0 Å². The van der Waals surface area contributed by atoms with Crippen LogP contribution in [0.4, 0.5) is 0 Å². The summed E-state index contributed by atoms with van der Waals surface area (Å²) in [6, 6.07) is 5.35. The molecule has 0 aliphatic rings. The molecule has 0 spiro atoms. The Morgan fingerprint density at radius 1 is 1.41 bits per heavy atom. The highest BCUT2D eigenvalue weighted by atomic mass is 35.5.